The fourth-order valence-corrected chi connectivity index (χ4v) is 7.13. The molecule has 2 aromatic carbocycles. The highest BCUT2D eigenvalue weighted by molar-refractivity contribution is 7.14. The Morgan fingerprint density at radius 3 is 1.38 bits per heavy atom. The first kappa shape index (κ1) is 18.4. The largest absolute Gasteiger partial charge is 0.273 e. The first-order valence-corrected chi connectivity index (χ1v) is 12.7. The van der Waals surface area contributed by atoms with Crippen molar-refractivity contribution in [3.8, 4) is 20.9 Å². The Bertz CT molecular complexity index is 1990. The second-order valence-electron chi connectivity index (χ2n) is 8.47. The molecular formula is C28H14N2O2S2. The number of rotatable bonds is 2. The zero-order valence-corrected chi connectivity index (χ0v) is 19.2. The van der Waals surface area contributed by atoms with Crippen LogP contribution in [0.5, 0.6) is 0 Å². The summed E-state index contributed by atoms with van der Waals surface area (Å²) in [5.74, 6) is 0. The van der Waals surface area contributed by atoms with Crippen LogP contribution in [-0.4, -0.2) is 8.80 Å². The molecule has 0 saturated heterocycles. The van der Waals surface area contributed by atoms with Gasteiger partial charge in [-0.3, -0.25) is 18.4 Å². The van der Waals surface area contributed by atoms with Gasteiger partial charge in [-0.25, -0.2) is 0 Å². The zero-order valence-electron chi connectivity index (χ0n) is 17.6. The van der Waals surface area contributed by atoms with Crippen molar-refractivity contribution >= 4 is 66.3 Å². The Labute approximate surface area is 199 Å². The maximum absolute atomic E-state index is 14.3. The van der Waals surface area contributed by atoms with Gasteiger partial charge in [0.15, 0.2) is 0 Å². The molecule has 160 valence electrons. The van der Waals surface area contributed by atoms with Gasteiger partial charge in [-0.15, -0.1) is 22.7 Å². The molecule has 6 heteroatoms. The molecule has 0 unspecified atom stereocenters. The second-order valence-corrected chi connectivity index (χ2v) is 10.4. The number of benzene rings is 2. The van der Waals surface area contributed by atoms with Gasteiger partial charge >= 0.3 is 0 Å². The van der Waals surface area contributed by atoms with Crippen molar-refractivity contribution in [3.63, 3.8) is 0 Å². The van der Waals surface area contributed by atoms with E-state index in [4.69, 9.17) is 0 Å². The molecule has 0 aliphatic rings. The van der Waals surface area contributed by atoms with Gasteiger partial charge in [0, 0.05) is 31.3 Å². The average molecular weight is 475 g/mol. The third kappa shape index (κ3) is 2.04. The van der Waals surface area contributed by atoms with Gasteiger partial charge in [0.1, 0.15) is 0 Å². The van der Waals surface area contributed by atoms with Crippen molar-refractivity contribution in [2.75, 3.05) is 0 Å². The van der Waals surface area contributed by atoms with E-state index in [1.54, 1.807) is 22.7 Å². The molecule has 0 atom stereocenters. The summed E-state index contributed by atoms with van der Waals surface area (Å²) < 4.78 is 3.66. The smallest absolute Gasteiger partial charge is 0.265 e. The van der Waals surface area contributed by atoms with E-state index in [-0.39, 0.29) is 11.1 Å². The molecule has 0 saturated carbocycles. The molecule has 8 aromatic rings. The molecule has 6 aromatic heterocycles. The molecule has 0 N–H and O–H groups in total. The summed E-state index contributed by atoms with van der Waals surface area (Å²) in [5.41, 5.74) is 4.53. The van der Waals surface area contributed by atoms with E-state index in [2.05, 4.69) is 0 Å². The molecule has 0 spiro atoms. The Balaban J connectivity index is 1.84. The van der Waals surface area contributed by atoms with Gasteiger partial charge in [0.25, 0.3) is 11.1 Å². The van der Waals surface area contributed by atoms with Gasteiger partial charge < -0.3 is 0 Å². The average Bonchev–Trinajstić information content (AvgIpc) is 3.65. The number of thiophene rings is 2. The van der Waals surface area contributed by atoms with Gasteiger partial charge in [-0.2, -0.15) is 0 Å². The fourth-order valence-electron chi connectivity index (χ4n) is 5.59. The third-order valence-corrected chi connectivity index (χ3v) is 8.62. The molecular weight excluding hydrogens is 460 g/mol. The molecule has 0 aliphatic carbocycles. The normalized spacial score (nSPS) is 12.4. The van der Waals surface area contributed by atoms with Crippen LogP contribution in [0.4, 0.5) is 0 Å². The lowest BCUT2D eigenvalue weighted by atomic mass is 10.0. The van der Waals surface area contributed by atoms with Crippen molar-refractivity contribution in [1.82, 2.24) is 8.80 Å². The number of fused-ring (bicyclic) bond motifs is 6. The maximum Gasteiger partial charge on any atom is 0.265 e. The summed E-state index contributed by atoms with van der Waals surface area (Å²) in [5, 5.41) is 7.55. The number of pyridine rings is 2. The highest BCUT2D eigenvalue weighted by Gasteiger charge is 2.29. The SMILES string of the molecule is O=c1c(-c2cccs2)c2c3ccccc3n3c(=O)c(-c4cccs4)c4c5ccccc5n1c4c23. The van der Waals surface area contributed by atoms with Crippen molar-refractivity contribution in [1.29, 1.82) is 0 Å². The van der Waals surface area contributed by atoms with Crippen LogP contribution in [0.15, 0.2) is 93.1 Å². The van der Waals surface area contributed by atoms with Crippen molar-refractivity contribution in [2.45, 2.75) is 0 Å². The second kappa shape index (κ2) is 6.32. The summed E-state index contributed by atoms with van der Waals surface area (Å²) in [6.45, 7) is 0. The molecule has 6 heterocycles. The van der Waals surface area contributed by atoms with Crippen LogP contribution in [0.1, 0.15) is 0 Å². The Morgan fingerprint density at radius 2 is 0.971 bits per heavy atom. The van der Waals surface area contributed by atoms with Crippen molar-refractivity contribution < 1.29 is 0 Å². The lowest BCUT2D eigenvalue weighted by molar-refractivity contribution is 1.15. The predicted octanol–water partition coefficient (Wildman–Crippen LogP) is 6.70. The summed E-state index contributed by atoms with van der Waals surface area (Å²) in [7, 11) is 0. The van der Waals surface area contributed by atoms with E-state index in [1.165, 1.54) is 0 Å². The molecule has 4 nitrogen and oxygen atoms in total. The minimum absolute atomic E-state index is 0.0461. The minimum atomic E-state index is -0.0461. The van der Waals surface area contributed by atoms with Gasteiger partial charge in [-0.1, -0.05) is 48.5 Å². The first-order chi connectivity index (χ1) is 16.8. The quantitative estimate of drug-likeness (QED) is 0.280. The Kier molecular flexibility index (Phi) is 3.42. The van der Waals surface area contributed by atoms with Crippen LogP contribution in [0, 0.1) is 0 Å². The van der Waals surface area contributed by atoms with Gasteiger partial charge in [-0.05, 0) is 35.0 Å². The number of nitrogens with zero attached hydrogens (tertiary/aromatic N) is 2. The van der Waals surface area contributed by atoms with E-state index in [1.807, 2.05) is 92.4 Å². The number of aromatic nitrogens is 2. The highest BCUT2D eigenvalue weighted by atomic mass is 32.1. The lowest BCUT2D eigenvalue weighted by Crippen LogP contribution is -2.19. The first-order valence-electron chi connectivity index (χ1n) is 10.9. The molecule has 0 aliphatic heterocycles. The van der Waals surface area contributed by atoms with E-state index in [0.717, 1.165) is 53.4 Å². The predicted molar refractivity (Wildman–Crippen MR) is 142 cm³/mol. The number of para-hydroxylation sites is 2. The molecule has 0 radical (unpaired) electrons. The highest BCUT2D eigenvalue weighted by Crippen LogP contribution is 2.44. The van der Waals surface area contributed by atoms with E-state index >= 15 is 0 Å². The maximum atomic E-state index is 14.3. The minimum Gasteiger partial charge on any atom is -0.273 e. The standard InChI is InChI=1S/C28H14N2O2S2/c31-27-23(19-11-5-13-33-19)21-15-7-1-3-9-17(15)29-25(21)26-22(16-8-2-4-10-18(16)30(26)27)24(28(29)32)20-12-6-14-34-20/h1-14H. The van der Waals surface area contributed by atoms with Crippen LogP contribution in [0.2, 0.25) is 0 Å². The molecule has 34 heavy (non-hydrogen) atoms. The van der Waals surface area contributed by atoms with E-state index < -0.39 is 0 Å². The number of hydrogen-bond acceptors (Lipinski definition) is 4. The van der Waals surface area contributed by atoms with Crippen LogP contribution in [0.25, 0.3) is 64.5 Å². The number of hydrogen-bond donors (Lipinski definition) is 0. The monoisotopic (exact) mass is 474 g/mol. The Hall–Kier alpha value is -4.00. The van der Waals surface area contributed by atoms with Gasteiger partial charge in [0.2, 0.25) is 0 Å². The zero-order chi connectivity index (χ0) is 22.6. The van der Waals surface area contributed by atoms with Gasteiger partial charge in [0.05, 0.1) is 33.2 Å². The summed E-state index contributed by atoms with van der Waals surface area (Å²) in [4.78, 5) is 30.4. The van der Waals surface area contributed by atoms with Crippen LogP contribution in [-0.2, 0) is 0 Å². The molecule has 0 amide bonds. The van der Waals surface area contributed by atoms with E-state index in [9.17, 15) is 9.59 Å². The fraction of sp³-hybridized carbons (Fsp3) is 0. The summed E-state index contributed by atoms with van der Waals surface area (Å²) in [6.07, 6.45) is 0. The summed E-state index contributed by atoms with van der Waals surface area (Å²) >= 11 is 3.10. The topological polar surface area (TPSA) is 43.0 Å². The van der Waals surface area contributed by atoms with Crippen LogP contribution >= 0.6 is 22.7 Å². The van der Waals surface area contributed by atoms with E-state index in [0.29, 0.717) is 11.1 Å². The Morgan fingerprint density at radius 1 is 0.529 bits per heavy atom. The summed E-state index contributed by atoms with van der Waals surface area (Å²) in [6, 6.07) is 23.8. The van der Waals surface area contributed by atoms with Crippen LogP contribution < -0.4 is 11.1 Å². The molecule has 8 rings (SSSR count). The lowest BCUT2D eigenvalue weighted by Gasteiger charge is -2.10. The molecule has 0 fully saturated rings. The molecule has 0 bridgehead atoms. The van der Waals surface area contributed by atoms with Crippen molar-refractivity contribution in [3.05, 3.63) is 104 Å². The third-order valence-electron chi connectivity index (χ3n) is 6.84. The van der Waals surface area contributed by atoms with Crippen LogP contribution in [0.3, 0.4) is 0 Å². The van der Waals surface area contributed by atoms with Crippen molar-refractivity contribution in [2.24, 2.45) is 0 Å².